The van der Waals surface area contributed by atoms with Gasteiger partial charge < -0.3 is 24.5 Å². The molecule has 2 aliphatic heterocycles. The molecule has 0 unspecified atom stereocenters. The third-order valence-corrected chi connectivity index (χ3v) is 7.72. The molecular weight excluding hydrogens is 474 g/mol. The van der Waals surface area contributed by atoms with E-state index >= 15 is 0 Å². The fourth-order valence-electron chi connectivity index (χ4n) is 5.68. The van der Waals surface area contributed by atoms with Gasteiger partial charge >= 0.3 is 0 Å². The van der Waals surface area contributed by atoms with Crippen molar-refractivity contribution in [2.24, 2.45) is 5.16 Å². The molecule has 1 saturated heterocycles. The second-order valence-electron chi connectivity index (χ2n) is 10.1. The molecule has 196 valence electrons. The standard InChI is InChI=1S/C25H32F2N4O5/c1-14-17(26)8-15(9-18(14)27)19-12-31(30-28-19)22-23(33)21(13-32)35-20(24(22)34-2)10-16-11-25(36-29-16)6-4-3-5-7-25/h8-9,12,20-24,32-33H,3-7,10-11,13H2,1-2H3/t20-,21-,22+,23+,24+/m1/s1. The number of benzene rings is 1. The zero-order valence-electron chi connectivity index (χ0n) is 20.4. The van der Waals surface area contributed by atoms with E-state index < -0.39 is 48.7 Å². The summed E-state index contributed by atoms with van der Waals surface area (Å²) in [5.41, 5.74) is 1.02. The quantitative estimate of drug-likeness (QED) is 0.619. The van der Waals surface area contributed by atoms with Crippen molar-refractivity contribution in [3.63, 3.8) is 0 Å². The van der Waals surface area contributed by atoms with Gasteiger partial charge in [-0.05, 0) is 44.7 Å². The fourth-order valence-corrected chi connectivity index (χ4v) is 5.68. The second-order valence-corrected chi connectivity index (χ2v) is 10.1. The highest BCUT2D eigenvalue weighted by Crippen LogP contribution is 2.41. The van der Waals surface area contributed by atoms with Crippen molar-refractivity contribution >= 4 is 5.71 Å². The third-order valence-electron chi connectivity index (χ3n) is 7.72. The van der Waals surface area contributed by atoms with E-state index in [2.05, 4.69) is 15.5 Å². The Morgan fingerprint density at radius 1 is 1.17 bits per heavy atom. The van der Waals surface area contributed by atoms with E-state index in [4.69, 9.17) is 14.3 Å². The van der Waals surface area contributed by atoms with E-state index in [1.807, 2.05) is 0 Å². The number of oxime groups is 1. The van der Waals surface area contributed by atoms with Crippen LogP contribution in [0.4, 0.5) is 8.78 Å². The van der Waals surface area contributed by atoms with E-state index in [-0.39, 0.29) is 22.4 Å². The maximum Gasteiger partial charge on any atom is 0.143 e. The minimum Gasteiger partial charge on any atom is -0.394 e. The minimum absolute atomic E-state index is 0.0760. The Kier molecular flexibility index (Phi) is 7.08. The van der Waals surface area contributed by atoms with E-state index in [1.54, 1.807) is 0 Å². The first-order valence-corrected chi connectivity index (χ1v) is 12.4. The number of hydrogen-bond acceptors (Lipinski definition) is 8. The first-order valence-electron chi connectivity index (χ1n) is 12.4. The number of aliphatic hydroxyl groups is 2. The van der Waals surface area contributed by atoms with Crippen LogP contribution >= 0.6 is 0 Å². The van der Waals surface area contributed by atoms with Crippen molar-refractivity contribution in [3.05, 3.63) is 35.5 Å². The van der Waals surface area contributed by atoms with Crippen molar-refractivity contribution in [1.82, 2.24) is 15.0 Å². The molecule has 0 amide bonds. The lowest BCUT2D eigenvalue weighted by Crippen LogP contribution is -2.57. The molecule has 1 aliphatic carbocycles. The van der Waals surface area contributed by atoms with Gasteiger partial charge in [0.05, 0.1) is 24.6 Å². The average molecular weight is 507 g/mol. The molecule has 9 nitrogen and oxygen atoms in total. The Morgan fingerprint density at radius 3 is 2.56 bits per heavy atom. The van der Waals surface area contributed by atoms with Crippen molar-refractivity contribution in [3.8, 4) is 11.3 Å². The maximum absolute atomic E-state index is 14.1. The smallest absolute Gasteiger partial charge is 0.143 e. The number of methoxy groups -OCH3 is 1. The molecule has 3 aliphatic rings. The monoisotopic (exact) mass is 506 g/mol. The van der Waals surface area contributed by atoms with Crippen LogP contribution in [0.1, 0.15) is 56.6 Å². The van der Waals surface area contributed by atoms with Crippen LogP contribution < -0.4 is 0 Å². The summed E-state index contributed by atoms with van der Waals surface area (Å²) in [5, 5.41) is 33.5. The summed E-state index contributed by atoms with van der Waals surface area (Å²) in [7, 11) is 1.51. The van der Waals surface area contributed by atoms with Crippen LogP contribution in [0.15, 0.2) is 23.5 Å². The van der Waals surface area contributed by atoms with Gasteiger partial charge in [0.1, 0.15) is 47.3 Å². The molecule has 1 aromatic heterocycles. The highest BCUT2D eigenvalue weighted by atomic mass is 19.1. The Morgan fingerprint density at radius 2 is 1.89 bits per heavy atom. The molecule has 2 aromatic rings. The van der Waals surface area contributed by atoms with Gasteiger partial charge in [-0.1, -0.05) is 16.8 Å². The van der Waals surface area contributed by atoms with E-state index in [0.717, 1.165) is 37.8 Å². The van der Waals surface area contributed by atoms with E-state index in [1.165, 1.54) is 43.5 Å². The summed E-state index contributed by atoms with van der Waals surface area (Å²) >= 11 is 0. The predicted octanol–water partition coefficient (Wildman–Crippen LogP) is 3.08. The van der Waals surface area contributed by atoms with Gasteiger partial charge in [-0.3, -0.25) is 0 Å². The van der Waals surface area contributed by atoms with Crippen molar-refractivity contribution in [2.75, 3.05) is 13.7 Å². The lowest BCUT2D eigenvalue weighted by molar-refractivity contribution is -0.210. The Balaban J connectivity index is 1.39. The molecule has 36 heavy (non-hydrogen) atoms. The highest BCUT2D eigenvalue weighted by molar-refractivity contribution is 5.86. The van der Waals surface area contributed by atoms with Crippen LogP contribution in [0, 0.1) is 18.6 Å². The number of nitrogens with zero attached hydrogens (tertiary/aromatic N) is 4. The van der Waals surface area contributed by atoms with Gasteiger partial charge in [0, 0.05) is 31.1 Å². The number of aromatic nitrogens is 3. The summed E-state index contributed by atoms with van der Waals surface area (Å²) in [5.74, 6) is -1.37. The topological polar surface area (TPSA) is 111 Å². The predicted molar refractivity (Wildman–Crippen MR) is 125 cm³/mol. The highest BCUT2D eigenvalue weighted by Gasteiger charge is 2.49. The normalized spacial score (nSPS) is 29.8. The average Bonchev–Trinajstić information content (AvgIpc) is 3.51. The molecule has 1 aromatic carbocycles. The first-order chi connectivity index (χ1) is 17.3. The minimum atomic E-state index is -1.16. The van der Waals surface area contributed by atoms with Gasteiger partial charge in [-0.25, -0.2) is 13.5 Å². The van der Waals surface area contributed by atoms with Crippen molar-refractivity contribution in [2.45, 2.75) is 87.9 Å². The Hall–Kier alpha value is -2.47. The van der Waals surface area contributed by atoms with Gasteiger partial charge in [-0.2, -0.15) is 0 Å². The molecular formula is C25H32F2N4O5. The number of aliphatic hydroxyl groups excluding tert-OH is 2. The van der Waals surface area contributed by atoms with Crippen molar-refractivity contribution in [1.29, 1.82) is 0 Å². The molecule has 2 fully saturated rings. The van der Waals surface area contributed by atoms with Crippen LogP contribution in [0.2, 0.25) is 0 Å². The molecule has 1 saturated carbocycles. The third kappa shape index (κ3) is 4.65. The Bertz CT molecular complexity index is 1100. The summed E-state index contributed by atoms with van der Waals surface area (Å²) in [6.07, 6.45) is 4.78. The number of hydrogen-bond donors (Lipinski definition) is 2. The number of rotatable bonds is 6. The zero-order valence-corrected chi connectivity index (χ0v) is 20.4. The maximum atomic E-state index is 14.1. The van der Waals surface area contributed by atoms with Gasteiger partial charge in [-0.15, -0.1) is 5.10 Å². The zero-order chi connectivity index (χ0) is 25.4. The van der Waals surface area contributed by atoms with Gasteiger partial charge in [0.15, 0.2) is 0 Å². The molecule has 11 heteroatoms. The van der Waals surface area contributed by atoms with Crippen LogP contribution in [-0.4, -0.2) is 74.7 Å². The molecule has 1 spiro atoms. The summed E-state index contributed by atoms with van der Waals surface area (Å²) in [6, 6.07) is 1.62. The lowest BCUT2D eigenvalue weighted by Gasteiger charge is -2.43. The second kappa shape index (κ2) is 10.1. The number of ether oxygens (including phenoxy) is 2. The van der Waals surface area contributed by atoms with Crippen LogP contribution in [0.3, 0.4) is 0 Å². The SMILES string of the molecule is CO[C@@H]1[C@@H](n2cc(-c3cc(F)c(C)c(F)c3)nn2)[C@@H](O)[C@@H](CO)O[C@@H]1CC1=NOC2(CCCCC2)C1. The first kappa shape index (κ1) is 25.2. The molecule has 0 radical (unpaired) electrons. The van der Waals surface area contributed by atoms with Gasteiger partial charge in [0.25, 0.3) is 0 Å². The summed E-state index contributed by atoms with van der Waals surface area (Å²) in [6.45, 7) is 0.950. The largest absolute Gasteiger partial charge is 0.394 e. The van der Waals surface area contributed by atoms with Gasteiger partial charge in [0.2, 0.25) is 0 Å². The molecule has 5 rings (SSSR count). The molecule has 5 atom stereocenters. The fraction of sp³-hybridized carbons (Fsp3) is 0.640. The number of halogens is 2. The molecule has 2 N–H and O–H groups in total. The van der Waals surface area contributed by atoms with Crippen molar-refractivity contribution < 1.29 is 33.3 Å². The Labute approximate surface area is 208 Å². The summed E-state index contributed by atoms with van der Waals surface area (Å²) in [4.78, 5) is 5.87. The van der Waals surface area contributed by atoms with Crippen LogP contribution in [-0.2, 0) is 14.3 Å². The molecule has 3 heterocycles. The van der Waals surface area contributed by atoms with Crippen LogP contribution in [0.5, 0.6) is 0 Å². The van der Waals surface area contributed by atoms with E-state index in [9.17, 15) is 19.0 Å². The lowest BCUT2D eigenvalue weighted by atomic mass is 9.80. The summed E-state index contributed by atoms with van der Waals surface area (Å²) < 4.78 is 41.5. The van der Waals surface area contributed by atoms with E-state index in [0.29, 0.717) is 6.42 Å². The molecule has 0 bridgehead atoms. The van der Waals surface area contributed by atoms with Crippen LogP contribution in [0.25, 0.3) is 11.3 Å².